The largest absolute Gasteiger partial charge is 0.252 e. The summed E-state index contributed by atoms with van der Waals surface area (Å²) < 4.78 is 0. The number of hydrogen-bond acceptors (Lipinski definition) is 2. The van der Waals surface area contributed by atoms with E-state index in [1.165, 1.54) is 4.90 Å². The predicted octanol–water partition coefficient (Wildman–Crippen LogP) is 4.00. The monoisotopic (exact) mass is 215 g/mol. The molecule has 0 aliphatic heterocycles. The lowest BCUT2D eigenvalue weighted by molar-refractivity contribution is 1.33. The summed E-state index contributed by atoms with van der Waals surface area (Å²) >= 11 is 1.73. The highest BCUT2D eigenvalue weighted by atomic mass is 32.2. The number of allylic oxidation sites excluding steroid dienone is 4. The zero-order valence-electron chi connectivity index (χ0n) is 8.68. The van der Waals surface area contributed by atoms with E-state index in [1.54, 1.807) is 11.8 Å². The van der Waals surface area contributed by atoms with Gasteiger partial charge in [-0.1, -0.05) is 30.4 Å². The summed E-state index contributed by atoms with van der Waals surface area (Å²) in [4.78, 5) is 5.88. The molecule has 0 atom stereocenters. The zero-order chi connectivity index (χ0) is 10.5. The van der Waals surface area contributed by atoms with E-state index in [9.17, 15) is 0 Å². The van der Waals surface area contributed by atoms with Crippen molar-refractivity contribution in [1.29, 1.82) is 0 Å². The second-order valence-corrected chi connectivity index (χ2v) is 4.11. The Labute approximate surface area is 94.6 Å². The molecule has 1 aliphatic carbocycles. The molecule has 2 rings (SSSR count). The number of para-hydroxylation sites is 1. The summed E-state index contributed by atoms with van der Waals surface area (Å²) in [7, 11) is 0. The molecule has 0 saturated heterocycles. The van der Waals surface area contributed by atoms with Crippen LogP contribution in [0.4, 0.5) is 5.69 Å². The maximum absolute atomic E-state index is 4.65. The van der Waals surface area contributed by atoms with Gasteiger partial charge in [0.2, 0.25) is 0 Å². The second kappa shape index (κ2) is 4.99. The second-order valence-electron chi connectivity index (χ2n) is 3.27. The van der Waals surface area contributed by atoms with Crippen LogP contribution in [0.1, 0.15) is 6.42 Å². The molecule has 0 N–H and O–H groups in total. The van der Waals surface area contributed by atoms with E-state index in [2.05, 4.69) is 41.6 Å². The number of aliphatic imine (C=N–C) groups is 1. The molecule has 0 heterocycles. The van der Waals surface area contributed by atoms with Crippen molar-refractivity contribution in [3.05, 3.63) is 48.6 Å². The van der Waals surface area contributed by atoms with Crippen LogP contribution in [0.3, 0.4) is 0 Å². The van der Waals surface area contributed by atoms with E-state index < -0.39 is 0 Å². The van der Waals surface area contributed by atoms with Gasteiger partial charge in [-0.2, -0.15) is 0 Å². The molecule has 1 aromatic carbocycles. The van der Waals surface area contributed by atoms with Crippen molar-refractivity contribution in [3.63, 3.8) is 0 Å². The Bertz CT molecular complexity index is 430. The molecule has 2 heteroatoms. The highest BCUT2D eigenvalue weighted by Gasteiger charge is 2.00. The van der Waals surface area contributed by atoms with Crippen LogP contribution >= 0.6 is 11.8 Å². The molecular formula is C13H13NS. The van der Waals surface area contributed by atoms with Crippen LogP contribution in [-0.2, 0) is 0 Å². The van der Waals surface area contributed by atoms with Gasteiger partial charge in [-0.25, -0.2) is 0 Å². The molecule has 0 fully saturated rings. The highest BCUT2D eigenvalue weighted by Crippen LogP contribution is 2.27. The topological polar surface area (TPSA) is 12.4 Å². The van der Waals surface area contributed by atoms with Gasteiger partial charge in [0.05, 0.1) is 5.69 Å². The van der Waals surface area contributed by atoms with Crippen LogP contribution in [0, 0.1) is 0 Å². The fraction of sp³-hybridized carbons (Fsp3) is 0.154. The lowest BCUT2D eigenvalue weighted by Gasteiger charge is -2.04. The molecule has 0 spiro atoms. The van der Waals surface area contributed by atoms with Gasteiger partial charge in [-0.3, -0.25) is 4.99 Å². The Morgan fingerprint density at radius 3 is 2.80 bits per heavy atom. The first-order chi connectivity index (χ1) is 7.40. The Balaban J connectivity index is 2.30. The number of thioether (sulfide) groups is 1. The van der Waals surface area contributed by atoms with Gasteiger partial charge in [0.1, 0.15) is 0 Å². The van der Waals surface area contributed by atoms with Crippen molar-refractivity contribution in [3.8, 4) is 0 Å². The predicted molar refractivity (Wildman–Crippen MR) is 68.2 cm³/mol. The summed E-state index contributed by atoms with van der Waals surface area (Å²) in [5.74, 6) is 0. The average molecular weight is 215 g/mol. The maximum Gasteiger partial charge on any atom is 0.0768 e. The fourth-order valence-corrected chi connectivity index (χ4v) is 2.00. The van der Waals surface area contributed by atoms with Crippen molar-refractivity contribution in [2.45, 2.75) is 11.3 Å². The van der Waals surface area contributed by atoms with Crippen LogP contribution in [0.15, 0.2) is 58.5 Å². The molecule has 1 aliphatic rings. The number of nitrogens with zero attached hydrogens (tertiary/aromatic N) is 1. The van der Waals surface area contributed by atoms with Crippen LogP contribution < -0.4 is 0 Å². The molecule has 0 saturated carbocycles. The molecule has 1 nitrogen and oxygen atoms in total. The number of benzene rings is 1. The molecule has 0 aromatic heterocycles. The average Bonchev–Trinajstić information content (AvgIpc) is 2.31. The van der Waals surface area contributed by atoms with Crippen molar-refractivity contribution in [2.24, 2.45) is 4.99 Å². The summed E-state index contributed by atoms with van der Waals surface area (Å²) in [6.45, 7) is 0. The Kier molecular flexibility index (Phi) is 3.41. The third-order valence-corrected chi connectivity index (χ3v) is 3.00. The van der Waals surface area contributed by atoms with Gasteiger partial charge in [0, 0.05) is 17.0 Å². The smallest absolute Gasteiger partial charge is 0.0768 e. The quantitative estimate of drug-likeness (QED) is 0.679. The summed E-state index contributed by atoms with van der Waals surface area (Å²) in [5, 5.41) is 0. The van der Waals surface area contributed by atoms with E-state index in [1.807, 2.05) is 18.2 Å². The summed E-state index contributed by atoms with van der Waals surface area (Å²) in [5.41, 5.74) is 2.19. The Morgan fingerprint density at radius 1 is 1.20 bits per heavy atom. The molecule has 0 amide bonds. The van der Waals surface area contributed by atoms with Crippen LogP contribution in [-0.4, -0.2) is 12.0 Å². The minimum atomic E-state index is 0.930. The molecule has 1 aromatic rings. The first kappa shape index (κ1) is 10.2. The normalized spacial score (nSPS) is 17.3. The van der Waals surface area contributed by atoms with Crippen LogP contribution in [0.2, 0.25) is 0 Å². The van der Waals surface area contributed by atoms with Gasteiger partial charge in [-0.15, -0.1) is 11.8 Å². The minimum absolute atomic E-state index is 0.930. The summed E-state index contributed by atoms with van der Waals surface area (Å²) in [6.07, 6.45) is 11.3. The Hall–Kier alpha value is -1.28. The molecule has 0 unspecified atom stereocenters. The van der Waals surface area contributed by atoms with Crippen LogP contribution in [0.25, 0.3) is 0 Å². The lowest BCUT2D eigenvalue weighted by atomic mass is 10.1. The molecular weight excluding hydrogens is 202 g/mol. The van der Waals surface area contributed by atoms with Crippen molar-refractivity contribution in [2.75, 3.05) is 6.26 Å². The van der Waals surface area contributed by atoms with E-state index in [4.69, 9.17) is 0 Å². The minimum Gasteiger partial charge on any atom is -0.252 e. The van der Waals surface area contributed by atoms with E-state index in [-0.39, 0.29) is 0 Å². The van der Waals surface area contributed by atoms with E-state index in [0.717, 1.165) is 17.8 Å². The van der Waals surface area contributed by atoms with Gasteiger partial charge in [0.25, 0.3) is 0 Å². The number of hydrogen-bond donors (Lipinski definition) is 0. The third kappa shape index (κ3) is 2.60. The van der Waals surface area contributed by atoms with Gasteiger partial charge >= 0.3 is 0 Å². The van der Waals surface area contributed by atoms with Crippen molar-refractivity contribution in [1.82, 2.24) is 0 Å². The fourth-order valence-electron chi connectivity index (χ4n) is 1.46. The van der Waals surface area contributed by atoms with Gasteiger partial charge in [0.15, 0.2) is 0 Å². The third-order valence-electron chi connectivity index (χ3n) is 2.21. The standard InChI is InChI=1S/C13H13NS/c1-15-13-10-6-5-9-12(13)14-11-7-3-2-4-8-11/h2-7,9-10H,8H2,1H3. The van der Waals surface area contributed by atoms with Crippen molar-refractivity contribution < 1.29 is 0 Å². The first-order valence-electron chi connectivity index (χ1n) is 4.94. The van der Waals surface area contributed by atoms with E-state index in [0.29, 0.717) is 0 Å². The van der Waals surface area contributed by atoms with Crippen LogP contribution in [0.5, 0.6) is 0 Å². The summed E-state index contributed by atoms with van der Waals surface area (Å²) in [6, 6.07) is 8.24. The van der Waals surface area contributed by atoms with E-state index >= 15 is 0 Å². The first-order valence-corrected chi connectivity index (χ1v) is 6.16. The van der Waals surface area contributed by atoms with Gasteiger partial charge in [-0.05, 0) is 24.5 Å². The van der Waals surface area contributed by atoms with Crippen molar-refractivity contribution >= 4 is 23.2 Å². The molecule has 0 radical (unpaired) electrons. The molecule has 0 bridgehead atoms. The number of rotatable bonds is 2. The Morgan fingerprint density at radius 2 is 2.07 bits per heavy atom. The SMILES string of the molecule is CSc1ccccc1N=C1C=CC=CC1. The lowest BCUT2D eigenvalue weighted by Crippen LogP contribution is -1.93. The zero-order valence-corrected chi connectivity index (χ0v) is 9.50. The maximum atomic E-state index is 4.65. The van der Waals surface area contributed by atoms with Gasteiger partial charge < -0.3 is 0 Å². The molecule has 76 valence electrons. The highest BCUT2D eigenvalue weighted by molar-refractivity contribution is 7.98. The molecule has 15 heavy (non-hydrogen) atoms.